The number of pyridine rings is 1. The maximum Gasteiger partial charge on any atom is 0.0701 e. The maximum absolute atomic E-state index is 4.25. The average Bonchev–Trinajstić information content (AvgIpc) is 2.17. The van der Waals surface area contributed by atoms with Crippen LogP contribution >= 0.6 is 0 Å². The molecular formula is C12H13N. The first kappa shape index (κ1) is 9.46. The topological polar surface area (TPSA) is 12.9 Å². The Bertz CT molecular complexity index is 413. The molecule has 1 aromatic rings. The van der Waals surface area contributed by atoms with E-state index in [0.29, 0.717) is 0 Å². The Morgan fingerprint density at radius 3 is 2.92 bits per heavy atom. The molecule has 0 radical (unpaired) electrons. The lowest BCUT2D eigenvalue weighted by molar-refractivity contribution is 1.22. The lowest BCUT2D eigenvalue weighted by atomic mass is 10.3. The number of allylic oxidation sites excluding steroid dienone is 3. The van der Waals surface area contributed by atoms with E-state index < -0.39 is 0 Å². The van der Waals surface area contributed by atoms with Gasteiger partial charge in [0.25, 0.3) is 0 Å². The van der Waals surface area contributed by atoms with Crippen LogP contribution in [0, 0.1) is 0 Å². The SMILES string of the molecule is C=C/C=c1/cccn/c1=C/C=C\C. The second-order valence-electron chi connectivity index (χ2n) is 2.57. The molecule has 1 heterocycles. The van der Waals surface area contributed by atoms with Gasteiger partial charge >= 0.3 is 0 Å². The predicted octanol–water partition coefficient (Wildman–Crippen LogP) is 1.40. The van der Waals surface area contributed by atoms with E-state index in [2.05, 4.69) is 11.6 Å². The molecule has 66 valence electrons. The van der Waals surface area contributed by atoms with E-state index in [-0.39, 0.29) is 0 Å². The van der Waals surface area contributed by atoms with Crippen molar-refractivity contribution in [1.29, 1.82) is 0 Å². The van der Waals surface area contributed by atoms with Crippen molar-refractivity contribution in [3.63, 3.8) is 0 Å². The Kier molecular flexibility index (Phi) is 3.71. The summed E-state index contributed by atoms with van der Waals surface area (Å²) in [6.07, 6.45) is 11.4. The number of rotatable bonds is 2. The number of hydrogen-bond acceptors (Lipinski definition) is 1. The van der Waals surface area contributed by atoms with Crippen molar-refractivity contribution >= 4 is 12.2 Å². The largest absolute Gasteiger partial charge is 0.256 e. The average molecular weight is 171 g/mol. The zero-order chi connectivity index (χ0) is 9.52. The summed E-state index contributed by atoms with van der Waals surface area (Å²) in [5.74, 6) is 0. The lowest BCUT2D eigenvalue weighted by Gasteiger charge is -1.86. The first-order valence-electron chi connectivity index (χ1n) is 4.25. The predicted molar refractivity (Wildman–Crippen MR) is 57.4 cm³/mol. The van der Waals surface area contributed by atoms with Gasteiger partial charge < -0.3 is 0 Å². The minimum Gasteiger partial charge on any atom is -0.256 e. The molecule has 1 nitrogen and oxygen atoms in total. The van der Waals surface area contributed by atoms with Gasteiger partial charge in [-0.05, 0) is 19.1 Å². The number of aromatic nitrogens is 1. The molecule has 0 fully saturated rings. The Morgan fingerprint density at radius 1 is 1.38 bits per heavy atom. The van der Waals surface area contributed by atoms with Crippen molar-refractivity contribution in [3.05, 3.63) is 53.7 Å². The van der Waals surface area contributed by atoms with Gasteiger partial charge in [0, 0.05) is 11.4 Å². The summed E-state index contributed by atoms with van der Waals surface area (Å²) in [7, 11) is 0. The van der Waals surface area contributed by atoms with Gasteiger partial charge in [-0.25, -0.2) is 0 Å². The molecule has 0 aromatic carbocycles. The Labute approximate surface area is 78.4 Å². The molecule has 0 atom stereocenters. The van der Waals surface area contributed by atoms with Gasteiger partial charge in [-0.1, -0.05) is 36.9 Å². The molecular weight excluding hydrogens is 158 g/mol. The highest BCUT2D eigenvalue weighted by Gasteiger charge is 1.80. The van der Waals surface area contributed by atoms with E-state index in [1.807, 2.05) is 43.4 Å². The highest BCUT2D eigenvalue weighted by Crippen LogP contribution is 1.72. The molecule has 1 aromatic heterocycles. The summed E-state index contributed by atoms with van der Waals surface area (Å²) in [5.41, 5.74) is 0. The van der Waals surface area contributed by atoms with E-state index in [0.717, 1.165) is 10.6 Å². The molecule has 0 spiro atoms. The van der Waals surface area contributed by atoms with E-state index >= 15 is 0 Å². The minimum atomic E-state index is 0.973. The summed E-state index contributed by atoms with van der Waals surface area (Å²) in [6.45, 7) is 5.64. The normalized spacial score (nSPS) is 13.9. The zero-order valence-electron chi connectivity index (χ0n) is 7.77. The molecule has 0 N–H and O–H groups in total. The van der Waals surface area contributed by atoms with E-state index in [4.69, 9.17) is 0 Å². The zero-order valence-corrected chi connectivity index (χ0v) is 7.77. The Morgan fingerprint density at radius 2 is 2.23 bits per heavy atom. The van der Waals surface area contributed by atoms with Crippen LogP contribution in [-0.4, -0.2) is 4.98 Å². The second kappa shape index (κ2) is 5.09. The van der Waals surface area contributed by atoms with Crippen molar-refractivity contribution in [2.75, 3.05) is 0 Å². The van der Waals surface area contributed by atoms with Crippen LogP contribution in [0.4, 0.5) is 0 Å². The molecule has 0 aliphatic heterocycles. The first-order chi connectivity index (χ1) is 6.38. The van der Waals surface area contributed by atoms with Gasteiger partial charge in [-0.15, -0.1) is 0 Å². The van der Waals surface area contributed by atoms with Crippen molar-refractivity contribution in [1.82, 2.24) is 4.98 Å². The highest BCUT2D eigenvalue weighted by molar-refractivity contribution is 5.40. The molecule has 0 saturated carbocycles. The Balaban J connectivity index is 3.36. The standard InChI is InChI=1S/C12H13N/c1-3-5-9-12-11(7-4-2)8-6-10-13-12/h3-10H,2H2,1H3/b5-3-,11-7-,12-9+. The lowest BCUT2D eigenvalue weighted by Crippen LogP contribution is -2.26. The van der Waals surface area contributed by atoms with Gasteiger partial charge in [0.15, 0.2) is 0 Å². The second-order valence-corrected chi connectivity index (χ2v) is 2.57. The molecule has 0 amide bonds. The van der Waals surface area contributed by atoms with Gasteiger partial charge in [-0.3, -0.25) is 4.98 Å². The molecule has 0 unspecified atom stereocenters. The summed E-state index contributed by atoms with van der Waals surface area (Å²) >= 11 is 0. The van der Waals surface area contributed by atoms with Crippen molar-refractivity contribution in [2.24, 2.45) is 0 Å². The fourth-order valence-corrected chi connectivity index (χ4v) is 1.02. The smallest absolute Gasteiger partial charge is 0.0701 e. The summed E-state index contributed by atoms with van der Waals surface area (Å²) in [5, 5.41) is 2.07. The van der Waals surface area contributed by atoms with Crippen LogP contribution in [0.5, 0.6) is 0 Å². The van der Waals surface area contributed by atoms with Crippen LogP contribution in [0.25, 0.3) is 12.2 Å². The summed E-state index contributed by atoms with van der Waals surface area (Å²) in [6, 6.07) is 3.94. The van der Waals surface area contributed by atoms with Gasteiger partial charge in [0.1, 0.15) is 0 Å². The van der Waals surface area contributed by atoms with Gasteiger partial charge in [0.05, 0.1) is 5.35 Å². The molecule has 0 saturated heterocycles. The van der Waals surface area contributed by atoms with Gasteiger partial charge in [0.2, 0.25) is 0 Å². The van der Waals surface area contributed by atoms with Crippen molar-refractivity contribution in [3.8, 4) is 0 Å². The van der Waals surface area contributed by atoms with Crippen LogP contribution in [0.3, 0.4) is 0 Å². The maximum atomic E-state index is 4.25. The molecule has 0 aliphatic rings. The highest BCUT2D eigenvalue weighted by atomic mass is 14.6. The van der Waals surface area contributed by atoms with Gasteiger partial charge in [-0.2, -0.15) is 0 Å². The molecule has 13 heavy (non-hydrogen) atoms. The minimum absolute atomic E-state index is 0.973. The van der Waals surface area contributed by atoms with E-state index in [1.54, 1.807) is 12.3 Å². The van der Waals surface area contributed by atoms with Crippen LogP contribution in [0.1, 0.15) is 6.92 Å². The molecule has 0 bridgehead atoms. The molecule has 0 aliphatic carbocycles. The molecule has 1 heteroatoms. The van der Waals surface area contributed by atoms with E-state index in [9.17, 15) is 0 Å². The van der Waals surface area contributed by atoms with E-state index in [1.165, 1.54) is 0 Å². The number of hydrogen-bond donors (Lipinski definition) is 0. The van der Waals surface area contributed by atoms with Crippen molar-refractivity contribution < 1.29 is 0 Å². The third kappa shape index (κ3) is 2.71. The third-order valence-corrected chi connectivity index (χ3v) is 1.62. The van der Waals surface area contributed by atoms with Crippen LogP contribution < -0.4 is 10.6 Å². The van der Waals surface area contributed by atoms with Crippen molar-refractivity contribution in [2.45, 2.75) is 6.92 Å². The summed E-state index contributed by atoms with van der Waals surface area (Å²) in [4.78, 5) is 4.25. The van der Waals surface area contributed by atoms with Crippen LogP contribution in [0.15, 0.2) is 43.1 Å². The summed E-state index contributed by atoms with van der Waals surface area (Å²) < 4.78 is 0. The molecule has 1 rings (SSSR count). The Hall–Kier alpha value is -1.63. The van der Waals surface area contributed by atoms with Crippen LogP contribution in [0.2, 0.25) is 0 Å². The number of nitrogens with zero attached hydrogens (tertiary/aromatic N) is 1. The first-order valence-corrected chi connectivity index (χ1v) is 4.25. The third-order valence-electron chi connectivity index (χ3n) is 1.62. The monoisotopic (exact) mass is 171 g/mol. The quantitative estimate of drug-likeness (QED) is 0.655. The van der Waals surface area contributed by atoms with Crippen LogP contribution in [-0.2, 0) is 0 Å². The fraction of sp³-hybridized carbons (Fsp3) is 0.0833. The fourth-order valence-electron chi connectivity index (χ4n) is 1.02.